The van der Waals surface area contributed by atoms with Gasteiger partial charge in [-0.25, -0.2) is 9.18 Å². The van der Waals surface area contributed by atoms with Gasteiger partial charge in [-0.1, -0.05) is 12.1 Å². The van der Waals surface area contributed by atoms with E-state index >= 15 is 0 Å². The Morgan fingerprint density at radius 3 is 2.48 bits per heavy atom. The van der Waals surface area contributed by atoms with Crippen LogP contribution in [0.25, 0.3) is 0 Å². The molecule has 0 radical (unpaired) electrons. The summed E-state index contributed by atoms with van der Waals surface area (Å²) in [6.07, 6.45) is 0. The molecule has 2 aromatic rings. The number of benzene rings is 1. The average molecular weight is 377 g/mol. The number of aromatic nitrogens is 2. The largest absolute Gasteiger partial charge is 0.501 e. The Morgan fingerprint density at radius 2 is 1.85 bits per heavy atom. The lowest BCUT2D eigenvalue weighted by atomic mass is 10.1. The van der Waals surface area contributed by atoms with Crippen LogP contribution in [0.3, 0.4) is 0 Å². The number of ether oxygens (including phenoxy) is 1. The maximum Gasteiger partial charge on any atom is 0.332 e. The van der Waals surface area contributed by atoms with Crippen molar-refractivity contribution in [3.8, 4) is 5.75 Å². The van der Waals surface area contributed by atoms with Crippen LogP contribution >= 0.6 is 0 Å². The van der Waals surface area contributed by atoms with Crippen molar-refractivity contribution in [1.29, 1.82) is 0 Å². The SMILES string of the molecule is COCC(C)n1c(=O)c(O)c2n(c1=O)CCN(Cc1ccc(F)cc1)C2=O. The molecule has 0 saturated carbocycles. The van der Waals surface area contributed by atoms with Crippen LogP contribution in [0.5, 0.6) is 5.75 Å². The van der Waals surface area contributed by atoms with E-state index in [0.717, 1.165) is 9.13 Å². The fourth-order valence-corrected chi connectivity index (χ4v) is 3.22. The van der Waals surface area contributed by atoms with Crippen LogP contribution in [0.1, 0.15) is 29.0 Å². The van der Waals surface area contributed by atoms with Gasteiger partial charge < -0.3 is 14.7 Å². The maximum absolute atomic E-state index is 13.0. The summed E-state index contributed by atoms with van der Waals surface area (Å²) in [5, 5.41) is 10.3. The van der Waals surface area contributed by atoms with Crippen LogP contribution in [-0.2, 0) is 17.8 Å². The predicted octanol–water partition coefficient (Wildman–Crippen LogP) is 0.718. The molecule has 0 saturated heterocycles. The molecule has 144 valence electrons. The highest BCUT2D eigenvalue weighted by Crippen LogP contribution is 2.20. The van der Waals surface area contributed by atoms with Gasteiger partial charge in [0.25, 0.3) is 11.5 Å². The van der Waals surface area contributed by atoms with Gasteiger partial charge in [0.15, 0.2) is 5.69 Å². The second-order valence-electron chi connectivity index (χ2n) is 6.46. The van der Waals surface area contributed by atoms with Gasteiger partial charge in [-0.05, 0) is 24.6 Å². The van der Waals surface area contributed by atoms with Crippen molar-refractivity contribution in [2.24, 2.45) is 0 Å². The molecule has 1 unspecified atom stereocenters. The minimum atomic E-state index is -0.923. The van der Waals surface area contributed by atoms with E-state index in [9.17, 15) is 23.9 Å². The second kappa shape index (κ2) is 7.36. The first-order chi connectivity index (χ1) is 12.8. The fraction of sp³-hybridized carbons (Fsp3) is 0.389. The molecule has 3 rings (SSSR count). The summed E-state index contributed by atoms with van der Waals surface area (Å²) < 4.78 is 20.0. The highest BCUT2D eigenvalue weighted by molar-refractivity contribution is 5.95. The molecule has 1 atom stereocenters. The Kier molecular flexibility index (Phi) is 5.13. The summed E-state index contributed by atoms with van der Waals surface area (Å²) in [5.74, 6) is -1.76. The van der Waals surface area contributed by atoms with E-state index in [0.29, 0.717) is 5.56 Å². The van der Waals surface area contributed by atoms with Crippen LogP contribution in [0.15, 0.2) is 33.9 Å². The first-order valence-electron chi connectivity index (χ1n) is 8.46. The predicted molar refractivity (Wildman–Crippen MR) is 94.4 cm³/mol. The number of nitrogens with zero attached hydrogens (tertiary/aromatic N) is 3. The van der Waals surface area contributed by atoms with Gasteiger partial charge in [0.05, 0.1) is 12.6 Å². The molecule has 1 aromatic heterocycles. The number of aromatic hydroxyl groups is 1. The second-order valence-corrected chi connectivity index (χ2v) is 6.46. The molecular formula is C18H20FN3O5. The highest BCUT2D eigenvalue weighted by atomic mass is 19.1. The zero-order valence-corrected chi connectivity index (χ0v) is 15.0. The lowest BCUT2D eigenvalue weighted by molar-refractivity contribution is 0.0675. The highest BCUT2D eigenvalue weighted by Gasteiger charge is 2.32. The molecule has 8 nitrogen and oxygen atoms in total. The van der Waals surface area contributed by atoms with Crippen molar-refractivity contribution < 1.29 is 19.0 Å². The summed E-state index contributed by atoms with van der Waals surface area (Å²) in [6.45, 7) is 2.26. The molecule has 27 heavy (non-hydrogen) atoms. The summed E-state index contributed by atoms with van der Waals surface area (Å²) in [4.78, 5) is 39.3. The summed E-state index contributed by atoms with van der Waals surface area (Å²) in [5.41, 5.74) is -1.21. The van der Waals surface area contributed by atoms with E-state index in [2.05, 4.69) is 0 Å². The van der Waals surface area contributed by atoms with Crippen LogP contribution in [0.2, 0.25) is 0 Å². The molecule has 2 heterocycles. The smallest absolute Gasteiger partial charge is 0.332 e. The van der Waals surface area contributed by atoms with Crippen LogP contribution in [0, 0.1) is 5.82 Å². The standard InChI is InChI=1S/C18H20FN3O5/c1-11(10-27-2)22-17(25)15(23)14-16(24)20(7-8-21(14)18(22)26)9-12-3-5-13(19)6-4-12/h3-6,11,23H,7-10H2,1-2H3. The fourth-order valence-electron chi connectivity index (χ4n) is 3.22. The average Bonchev–Trinajstić information content (AvgIpc) is 2.63. The van der Waals surface area contributed by atoms with Crippen molar-refractivity contribution in [3.05, 3.63) is 62.2 Å². The van der Waals surface area contributed by atoms with E-state index in [1.807, 2.05) is 0 Å². The number of carbonyl (C=O) groups excluding carboxylic acids is 1. The van der Waals surface area contributed by atoms with Gasteiger partial charge in [0, 0.05) is 26.7 Å². The van der Waals surface area contributed by atoms with Gasteiger partial charge in [-0.15, -0.1) is 0 Å². The molecular weight excluding hydrogens is 357 g/mol. The molecule has 0 bridgehead atoms. The maximum atomic E-state index is 13.0. The Labute approximate surface area is 154 Å². The summed E-state index contributed by atoms with van der Waals surface area (Å²) in [7, 11) is 1.44. The van der Waals surface area contributed by atoms with Crippen molar-refractivity contribution in [2.75, 3.05) is 20.3 Å². The molecule has 0 aliphatic carbocycles. The number of methoxy groups -OCH3 is 1. The van der Waals surface area contributed by atoms with Gasteiger partial charge in [0.2, 0.25) is 5.75 Å². The minimum Gasteiger partial charge on any atom is -0.501 e. The van der Waals surface area contributed by atoms with Crippen molar-refractivity contribution in [1.82, 2.24) is 14.0 Å². The Hall–Kier alpha value is -2.94. The Bertz CT molecular complexity index is 980. The topological polar surface area (TPSA) is 93.8 Å². The molecule has 9 heteroatoms. The van der Waals surface area contributed by atoms with E-state index in [4.69, 9.17) is 4.74 Å². The first kappa shape index (κ1) is 18.8. The monoisotopic (exact) mass is 377 g/mol. The molecule has 1 aromatic carbocycles. The normalized spacial score (nSPS) is 14.9. The number of rotatable bonds is 5. The molecule has 0 spiro atoms. The van der Waals surface area contributed by atoms with Crippen LogP contribution < -0.4 is 11.2 Å². The third-order valence-electron chi connectivity index (χ3n) is 4.57. The number of amides is 1. The van der Waals surface area contributed by atoms with E-state index < -0.39 is 28.9 Å². The van der Waals surface area contributed by atoms with Crippen molar-refractivity contribution >= 4 is 5.91 Å². The zero-order chi connectivity index (χ0) is 19.7. The third kappa shape index (κ3) is 3.37. The quantitative estimate of drug-likeness (QED) is 0.829. The van der Waals surface area contributed by atoms with Gasteiger partial charge in [-0.2, -0.15) is 0 Å². The molecule has 0 fully saturated rings. The third-order valence-corrected chi connectivity index (χ3v) is 4.57. The van der Waals surface area contributed by atoms with E-state index in [-0.39, 0.29) is 37.8 Å². The number of fused-ring (bicyclic) bond motifs is 1. The van der Waals surface area contributed by atoms with Crippen LogP contribution in [0.4, 0.5) is 4.39 Å². The zero-order valence-electron chi connectivity index (χ0n) is 15.0. The van der Waals surface area contributed by atoms with Crippen LogP contribution in [-0.4, -0.2) is 45.3 Å². The van der Waals surface area contributed by atoms with Gasteiger partial charge >= 0.3 is 5.69 Å². The van der Waals surface area contributed by atoms with Gasteiger partial charge in [-0.3, -0.25) is 18.7 Å². The van der Waals surface area contributed by atoms with E-state index in [1.54, 1.807) is 19.1 Å². The lowest BCUT2D eigenvalue weighted by Gasteiger charge is -2.30. The Morgan fingerprint density at radius 1 is 1.19 bits per heavy atom. The summed E-state index contributed by atoms with van der Waals surface area (Å²) >= 11 is 0. The summed E-state index contributed by atoms with van der Waals surface area (Å²) in [6, 6.07) is 5.08. The molecule has 1 aliphatic rings. The molecule has 1 amide bonds. The Balaban J connectivity index is 1.99. The lowest BCUT2D eigenvalue weighted by Crippen LogP contribution is -2.50. The number of hydrogen-bond acceptors (Lipinski definition) is 5. The number of hydrogen-bond donors (Lipinski definition) is 1. The van der Waals surface area contributed by atoms with Crippen molar-refractivity contribution in [2.45, 2.75) is 26.1 Å². The first-order valence-corrected chi connectivity index (χ1v) is 8.46. The van der Waals surface area contributed by atoms with Gasteiger partial charge in [0.1, 0.15) is 5.82 Å². The van der Waals surface area contributed by atoms with E-state index in [1.165, 1.54) is 24.1 Å². The number of carbonyl (C=O) groups is 1. The number of halogens is 1. The van der Waals surface area contributed by atoms with Crippen molar-refractivity contribution in [3.63, 3.8) is 0 Å². The minimum absolute atomic E-state index is 0.110. The molecule has 1 aliphatic heterocycles. The molecule has 1 N–H and O–H groups in total.